The summed E-state index contributed by atoms with van der Waals surface area (Å²) in [6.07, 6.45) is 0.618. The average Bonchev–Trinajstić information content (AvgIpc) is 2.17. The van der Waals surface area contributed by atoms with Crippen molar-refractivity contribution in [1.29, 1.82) is 0 Å². The van der Waals surface area contributed by atoms with E-state index in [1.165, 1.54) is 18.2 Å². The van der Waals surface area contributed by atoms with Gasteiger partial charge in [0.1, 0.15) is 5.75 Å². The number of alkyl halides is 2. The fourth-order valence-corrected chi connectivity index (χ4v) is 1.19. The molecule has 0 saturated carbocycles. The summed E-state index contributed by atoms with van der Waals surface area (Å²) >= 11 is 0. The first-order chi connectivity index (χ1) is 7.47. The minimum Gasteiger partial charge on any atom is -0.490 e. The van der Waals surface area contributed by atoms with Crippen LogP contribution < -0.4 is 4.74 Å². The number of nitrogens with zero attached hydrogens (tertiary/aromatic N) is 1. The largest absolute Gasteiger partial charge is 0.490 e. The first-order valence-electron chi connectivity index (χ1n) is 4.70. The SMILES string of the molecule is CC(C)Oc1ccccc1C(F)(F)N=C=O. The molecule has 5 heteroatoms. The van der Waals surface area contributed by atoms with Gasteiger partial charge in [-0.1, -0.05) is 12.1 Å². The Labute approximate surface area is 91.8 Å². The lowest BCUT2D eigenvalue weighted by Gasteiger charge is -2.17. The summed E-state index contributed by atoms with van der Waals surface area (Å²) in [5.41, 5.74) is -0.438. The van der Waals surface area contributed by atoms with Crippen LogP contribution >= 0.6 is 0 Å². The number of para-hydroxylation sites is 1. The third-order valence-electron chi connectivity index (χ3n) is 1.76. The summed E-state index contributed by atoms with van der Waals surface area (Å²) in [6.45, 7) is 3.44. The van der Waals surface area contributed by atoms with Gasteiger partial charge in [0.2, 0.25) is 6.08 Å². The fraction of sp³-hybridized carbons (Fsp3) is 0.364. The third kappa shape index (κ3) is 2.87. The minimum absolute atomic E-state index is 0.0153. The van der Waals surface area contributed by atoms with Gasteiger partial charge in [-0.05, 0) is 26.0 Å². The number of benzene rings is 1. The second kappa shape index (κ2) is 4.86. The molecule has 0 fully saturated rings. The van der Waals surface area contributed by atoms with Gasteiger partial charge in [0.25, 0.3) is 0 Å². The van der Waals surface area contributed by atoms with Gasteiger partial charge >= 0.3 is 6.05 Å². The molecule has 0 atom stereocenters. The second-order valence-corrected chi connectivity index (χ2v) is 3.41. The molecule has 0 aliphatic heterocycles. The van der Waals surface area contributed by atoms with Gasteiger partial charge in [0.05, 0.1) is 11.7 Å². The highest BCUT2D eigenvalue weighted by atomic mass is 19.3. The van der Waals surface area contributed by atoms with E-state index in [1.54, 1.807) is 19.9 Å². The molecule has 0 saturated heterocycles. The molecule has 1 aromatic rings. The lowest BCUT2D eigenvalue weighted by Crippen LogP contribution is -2.14. The molecule has 1 aromatic carbocycles. The van der Waals surface area contributed by atoms with Crippen LogP contribution in [0.15, 0.2) is 29.3 Å². The Morgan fingerprint density at radius 3 is 2.56 bits per heavy atom. The van der Waals surface area contributed by atoms with Crippen LogP contribution in [0.1, 0.15) is 19.4 Å². The van der Waals surface area contributed by atoms with Gasteiger partial charge in [-0.2, -0.15) is 8.78 Å². The molecular formula is C11H11F2NO2. The lowest BCUT2D eigenvalue weighted by molar-refractivity contribution is 0.00259. The van der Waals surface area contributed by atoms with Gasteiger partial charge in [-0.25, -0.2) is 4.79 Å². The summed E-state index contributed by atoms with van der Waals surface area (Å²) in [6, 6.07) is 1.97. The average molecular weight is 227 g/mol. The topological polar surface area (TPSA) is 38.7 Å². The zero-order chi connectivity index (χ0) is 12.2. The summed E-state index contributed by atoms with van der Waals surface area (Å²) in [5, 5.41) is 0. The van der Waals surface area contributed by atoms with Crippen molar-refractivity contribution in [2.45, 2.75) is 26.0 Å². The number of hydrogen-bond acceptors (Lipinski definition) is 3. The van der Waals surface area contributed by atoms with Crippen molar-refractivity contribution in [2.24, 2.45) is 4.99 Å². The van der Waals surface area contributed by atoms with Crippen LogP contribution in [-0.4, -0.2) is 12.2 Å². The van der Waals surface area contributed by atoms with Gasteiger partial charge in [-0.3, -0.25) is 0 Å². The van der Waals surface area contributed by atoms with Crippen LogP contribution in [0.4, 0.5) is 8.78 Å². The number of aliphatic imine (C=N–C) groups is 1. The highest BCUT2D eigenvalue weighted by molar-refractivity contribution is 5.41. The van der Waals surface area contributed by atoms with Gasteiger partial charge in [-0.15, -0.1) is 4.99 Å². The van der Waals surface area contributed by atoms with Crippen LogP contribution in [0.3, 0.4) is 0 Å². The number of isocyanates is 1. The van der Waals surface area contributed by atoms with E-state index in [9.17, 15) is 13.6 Å². The lowest BCUT2D eigenvalue weighted by atomic mass is 10.1. The number of rotatable bonds is 4. The van der Waals surface area contributed by atoms with Crippen LogP contribution in [0.25, 0.3) is 0 Å². The molecule has 0 radical (unpaired) electrons. The van der Waals surface area contributed by atoms with Gasteiger partial charge < -0.3 is 4.74 Å². The number of halogens is 2. The Bertz CT molecular complexity index is 412. The van der Waals surface area contributed by atoms with E-state index in [2.05, 4.69) is 4.99 Å². The predicted molar refractivity (Wildman–Crippen MR) is 54.2 cm³/mol. The quantitative estimate of drug-likeness (QED) is 0.450. The van der Waals surface area contributed by atoms with Crippen molar-refractivity contribution in [3.05, 3.63) is 29.8 Å². The molecule has 0 amide bonds. The van der Waals surface area contributed by atoms with Crippen molar-refractivity contribution in [1.82, 2.24) is 0 Å². The molecule has 0 spiro atoms. The summed E-state index contributed by atoms with van der Waals surface area (Å²) in [5.74, 6) is 0.0153. The first kappa shape index (κ1) is 12.3. The third-order valence-corrected chi connectivity index (χ3v) is 1.76. The molecule has 0 unspecified atom stereocenters. The van der Waals surface area contributed by atoms with Crippen molar-refractivity contribution in [2.75, 3.05) is 0 Å². The summed E-state index contributed by atoms with van der Waals surface area (Å²) in [4.78, 5) is 12.4. The fourth-order valence-electron chi connectivity index (χ4n) is 1.19. The number of carbonyl (C=O) groups excluding carboxylic acids is 1. The summed E-state index contributed by atoms with van der Waals surface area (Å²) in [7, 11) is 0. The molecule has 0 N–H and O–H groups in total. The maximum atomic E-state index is 13.4. The van der Waals surface area contributed by atoms with Gasteiger partial charge in [0.15, 0.2) is 0 Å². The molecule has 3 nitrogen and oxygen atoms in total. The number of ether oxygens (including phenoxy) is 1. The van der Waals surface area contributed by atoms with Gasteiger partial charge in [0, 0.05) is 0 Å². The van der Waals surface area contributed by atoms with Crippen LogP contribution in [0.5, 0.6) is 5.75 Å². The van der Waals surface area contributed by atoms with Crippen LogP contribution in [0, 0.1) is 0 Å². The first-order valence-corrected chi connectivity index (χ1v) is 4.70. The highest BCUT2D eigenvalue weighted by Gasteiger charge is 2.34. The molecular weight excluding hydrogens is 216 g/mol. The Morgan fingerprint density at radius 2 is 2.00 bits per heavy atom. The van der Waals surface area contributed by atoms with Crippen molar-refractivity contribution in [3.8, 4) is 5.75 Å². The maximum absolute atomic E-state index is 13.4. The van der Waals surface area contributed by atoms with Crippen LogP contribution in [-0.2, 0) is 10.8 Å². The van der Waals surface area contributed by atoms with Crippen LogP contribution in [0.2, 0.25) is 0 Å². The van der Waals surface area contributed by atoms with E-state index in [0.29, 0.717) is 0 Å². The zero-order valence-electron chi connectivity index (χ0n) is 8.91. The Hall–Kier alpha value is -1.74. The predicted octanol–water partition coefficient (Wildman–Crippen LogP) is 2.86. The van der Waals surface area contributed by atoms with E-state index in [1.807, 2.05) is 0 Å². The normalized spacial score (nSPS) is 11.1. The van der Waals surface area contributed by atoms with E-state index in [0.717, 1.165) is 6.08 Å². The van der Waals surface area contributed by atoms with E-state index >= 15 is 0 Å². The molecule has 0 heterocycles. The minimum atomic E-state index is -3.60. The Kier molecular flexibility index (Phi) is 3.74. The highest BCUT2D eigenvalue weighted by Crippen LogP contribution is 2.35. The van der Waals surface area contributed by atoms with E-state index < -0.39 is 11.6 Å². The molecule has 0 bridgehead atoms. The number of hydrogen-bond donors (Lipinski definition) is 0. The molecule has 0 aromatic heterocycles. The monoisotopic (exact) mass is 227 g/mol. The molecule has 86 valence electrons. The van der Waals surface area contributed by atoms with E-state index in [4.69, 9.17) is 4.74 Å². The Morgan fingerprint density at radius 1 is 1.38 bits per heavy atom. The molecule has 1 rings (SSSR count). The maximum Gasteiger partial charge on any atom is 0.382 e. The Balaban J connectivity index is 3.17. The van der Waals surface area contributed by atoms with Crippen molar-refractivity contribution < 1.29 is 18.3 Å². The van der Waals surface area contributed by atoms with Crippen molar-refractivity contribution >= 4 is 6.08 Å². The molecule has 0 aliphatic rings. The zero-order valence-corrected chi connectivity index (χ0v) is 8.91. The summed E-state index contributed by atoms with van der Waals surface area (Å²) < 4.78 is 31.9. The van der Waals surface area contributed by atoms with E-state index in [-0.39, 0.29) is 11.9 Å². The standard InChI is InChI=1S/C11H11F2NO2/c1-8(2)16-10-6-4-3-5-9(10)11(12,13)14-7-15/h3-6,8H,1-2H3. The smallest absolute Gasteiger partial charge is 0.382 e. The molecule has 0 aliphatic carbocycles. The molecule has 16 heavy (non-hydrogen) atoms. The second-order valence-electron chi connectivity index (χ2n) is 3.41. The van der Waals surface area contributed by atoms with Crippen molar-refractivity contribution in [3.63, 3.8) is 0 Å².